The Labute approximate surface area is 127 Å². The molecule has 0 aliphatic carbocycles. The molecule has 3 rings (SSSR count). The number of aromatic hydroxyl groups is 1. The molecule has 0 spiro atoms. The van der Waals surface area contributed by atoms with E-state index in [9.17, 15) is 15.2 Å². The van der Waals surface area contributed by atoms with E-state index in [1.807, 2.05) is 25.1 Å². The van der Waals surface area contributed by atoms with Crippen LogP contribution in [0.15, 0.2) is 47.6 Å². The first-order chi connectivity index (χ1) is 10.5. The summed E-state index contributed by atoms with van der Waals surface area (Å²) in [5.74, 6) is 0.186. The third-order valence-electron chi connectivity index (χ3n) is 3.70. The predicted octanol–water partition coefficient (Wildman–Crippen LogP) is 3.05. The van der Waals surface area contributed by atoms with Gasteiger partial charge in [0.2, 0.25) is 0 Å². The largest absolute Gasteiger partial charge is 0.507 e. The zero-order valence-corrected chi connectivity index (χ0v) is 12.0. The minimum Gasteiger partial charge on any atom is -0.507 e. The van der Waals surface area contributed by atoms with Crippen molar-refractivity contribution in [3.8, 4) is 5.75 Å². The summed E-state index contributed by atoms with van der Waals surface area (Å²) in [6.45, 7) is 1.95. The molecule has 22 heavy (non-hydrogen) atoms. The molecule has 1 aliphatic rings. The number of rotatable bonds is 3. The van der Waals surface area contributed by atoms with Crippen molar-refractivity contribution in [3.05, 3.63) is 69.3 Å². The van der Waals surface area contributed by atoms with Crippen LogP contribution in [-0.4, -0.2) is 15.7 Å². The van der Waals surface area contributed by atoms with Gasteiger partial charge in [-0.25, -0.2) is 0 Å². The van der Waals surface area contributed by atoms with Crippen molar-refractivity contribution in [2.24, 2.45) is 5.10 Å². The molecular formula is C16H15N3O3. The average molecular weight is 297 g/mol. The van der Waals surface area contributed by atoms with E-state index in [1.54, 1.807) is 18.2 Å². The number of hydrogen-bond acceptors (Lipinski definition) is 5. The molecule has 6 heteroatoms. The lowest BCUT2D eigenvalue weighted by atomic mass is 9.97. The molecule has 1 unspecified atom stereocenters. The van der Waals surface area contributed by atoms with Crippen LogP contribution in [0.5, 0.6) is 5.75 Å². The first-order valence-electron chi connectivity index (χ1n) is 6.91. The second kappa shape index (κ2) is 5.48. The molecule has 0 fully saturated rings. The normalized spacial score (nSPS) is 17.0. The van der Waals surface area contributed by atoms with Gasteiger partial charge in [-0.2, -0.15) is 5.10 Å². The number of aryl methyl sites for hydroxylation is 1. The molecular weight excluding hydrogens is 282 g/mol. The molecule has 112 valence electrons. The lowest BCUT2D eigenvalue weighted by Crippen LogP contribution is -2.10. The summed E-state index contributed by atoms with van der Waals surface area (Å²) < 4.78 is 0. The van der Waals surface area contributed by atoms with E-state index >= 15 is 0 Å². The van der Waals surface area contributed by atoms with Gasteiger partial charge in [0.1, 0.15) is 5.75 Å². The van der Waals surface area contributed by atoms with Gasteiger partial charge in [-0.3, -0.25) is 10.1 Å². The number of benzene rings is 2. The highest BCUT2D eigenvalue weighted by molar-refractivity contribution is 6.04. The molecule has 1 heterocycles. The topological polar surface area (TPSA) is 87.8 Å². The van der Waals surface area contributed by atoms with Crippen molar-refractivity contribution in [2.75, 3.05) is 0 Å². The van der Waals surface area contributed by atoms with E-state index in [4.69, 9.17) is 0 Å². The maximum atomic E-state index is 10.9. The maximum Gasteiger partial charge on any atom is 0.269 e. The number of hydrogen-bond donors (Lipinski definition) is 2. The van der Waals surface area contributed by atoms with Gasteiger partial charge in [0.05, 0.1) is 16.7 Å². The summed E-state index contributed by atoms with van der Waals surface area (Å²) >= 11 is 0. The summed E-state index contributed by atoms with van der Waals surface area (Å²) in [5.41, 5.74) is 6.33. The van der Waals surface area contributed by atoms with Gasteiger partial charge in [-0.05, 0) is 24.6 Å². The number of non-ortho nitro benzene ring substituents is 1. The van der Waals surface area contributed by atoms with Crippen LogP contribution in [0, 0.1) is 17.0 Å². The Morgan fingerprint density at radius 3 is 2.91 bits per heavy atom. The van der Waals surface area contributed by atoms with Crippen molar-refractivity contribution in [1.29, 1.82) is 0 Å². The van der Waals surface area contributed by atoms with Crippen LogP contribution in [0.4, 0.5) is 5.69 Å². The van der Waals surface area contributed by atoms with E-state index in [2.05, 4.69) is 10.5 Å². The van der Waals surface area contributed by atoms with Crippen LogP contribution in [0.1, 0.15) is 29.2 Å². The van der Waals surface area contributed by atoms with Gasteiger partial charge in [0.15, 0.2) is 0 Å². The zero-order valence-electron chi connectivity index (χ0n) is 12.0. The number of nitro groups is 1. The predicted molar refractivity (Wildman–Crippen MR) is 83.0 cm³/mol. The minimum absolute atomic E-state index is 0.0613. The molecule has 0 amide bonds. The standard InChI is InChI=1S/C16H15N3O3/c1-10-5-6-16(20)13(7-10)15-9-14(17-18-15)11-3-2-4-12(8-11)19(21)22/h2-8,14,17,20H,9H2,1H3. The van der Waals surface area contributed by atoms with E-state index in [1.165, 1.54) is 6.07 Å². The molecule has 0 radical (unpaired) electrons. The fourth-order valence-corrected chi connectivity index (χ4v) is 2.54. The molecule has 0 aromatic heterocycles. The third-order valence-corrected chi connectivity index (χ3v) is 3.70. The Bertz CT molecular complexity index is 771. The first kappa shape index (κ1) is 14.1. The Balaban J connectivity index is 1.84. The Hall–Kier alpha value is -2.89. The van der Waals surface area contributed by atoms with E-state index in [0.29, 0.717) is 12.0 Å². The number of nitro benzene ring substituents is 1. The Morgan fingerprint density at radius 2 is 2.14 bits per heavy atom. The van der Waals surface area contributed by atoms with Crippen molar-refractivity contribution in [2.45, 2.75) is 19.4 Å². The number of nitrogens with zero attached hydrogens (tertiary/aromatic N) is 2. The number of phenolic OH excluding ortho intramolecular Hbond substituents is 1. The molecule has 1 atom stereocenters. The molecule has 6 nitrogen and oxygen atoms in total. The third kappa shape index (κ3) is 2.63. The van der Waals surface area contributed by atoms with Gasteiger partial charge in [0, 0.05) is 24.1 Å². The summed E-state index contributed by atoms with van der Waals surface area (Å²) in [6.07, 6.45) is 0.568. The zero-order chi connectivity index (χ0) is 15.7. The molecule has 2 aromatic rings. The molecule has 0 saturated heterocycles. The van der Waals surface area contributed by atoms with Crippen LogP contribution >= 0.6 is 0 Å². The van der Waals surface area contributed by atoms with Gasteiger partial charge >= 0.3 is 0 Å². The lowest BCUT2D eigenvalue weighted by Gasteiger charge is -2.10. The molecule has 1 aliphatic heterocycles. The summed E-state index contributed by atoms with van der Waals surface area (Å²) in [7, 11) is 0. The van der Waals surface area contributed by atoms with Crippen molar-refractivity contribution in [1.82, 2.24) is 5.43 Å². The smallest absolute Gasteiger partial charge is 0.269 e. The Kier molecular flexibility index (Phi) is 3.50. The monoisotopic (exact) mass is 297 g/mol. The summed E-state index contributed by atoms with van der Waals surface area (Å²) in [5, 5.41) is 25.1. The van der Waals surface area contributed by atoms with Gasteiger partial charge in [-0.1, -0.05) is 23.8 Å². The molecule has 0 saturated carbocycles. The van der Waals surface area contributed by atoms with Crippen molar-refractivity contribution >= 4 is 11.4 Å². The van der Waals surface area contributed by atoms with E-state index in [0.717, 1.165) is 16.8 Å². The fraction of sp³-hybridized carbons (Fsp3) is 0.188. The Morgan fingerprint density at radius 1 is 1.32 bits per heavy atom. The van der Waals surface area contributed by atoms with Crippen LogP contribution in [-0.2, 0) is 0 Å². The summed E-state index contributed by atoms with van der Waals surface area (Å²) in [4.78, 5) is 10.4. The molecule has 0 bridgehead atoms. The van der Waals surface area contributed by atoms with Crippen LogP contribution in [0.25, 0.3) is 0 Å². The molecule has 2 aromatic carbocycles. The number of hydrazone groups is 1. The van der Waals surface area contributed by atoms with Crippen LogP contribution < -0.4 is 5.43 Å². The minimum atomic E-state index is -0.410. The number of nitrogens with one attached hydrogen (secondary N) is 1. The van der Waals surface area contributed by atoms with Crippen LogP contribution in [0.2, 0.25) is 0 Å². The van der Waals surface area contributed by atoms with Crippen molar-refractivity contribution < 1.29 is 10.0 Å². The highest BCUT2D eigenvalue weighted by Crippen LogP contribution is 2.29. The highest BCUT2D eigenvalue weighted by Gasteiger charge is 2.24. The first-order valence-corrected chi connectivity index (χ1v) is 6.91. The second-order valence-corrected chi connectivity index (χ2v) is 5.32. The van der Waals surface area contributed by atoms with Crippen LogP contribution in [0.3, 0.4) is 0 Å². The van der Waals surface area contributed by atoms with E-state index in [-0.39, 0.29) is 17.5 Å². The van der Waals surface area contributed by atoms with Gasteiger partial charge < -0.3 is 10.5 Å². The number of phenols is 1. The fourth-order valence-electron chi connectivity index (χ4n) is 2.54. The maximum absolute atomic E-state index is 10.9. The second-order valence-electron chi connectivity index (χ2n) is 5.32. The highest BCUT2D eigenvalue weighted by atomic mass is 16.6. The van der Waals surface area contributed by atoms with Crippen molar-refractivity contribution in [3.63, 3.8) is 0 Å². The summed E-state index contributed by atoms with van der Waals surface area (Å²) in [6, 6.07) is 11.7. The van der Waals surface area contributed by atoms with Gasteiger partial charge in [0.25, 0.3) is 5.69 Å². The quantitative estimate of drug-likeness (QED) is 0.673. The molecule has 2 N–H and O–H groups in total. The lowest BCUT2D eigenvalue weighted by molar-refractivity contribution is -0.384. The average Bonchev–Trinajstić information content (AvgIpc) is 2.99. The van der Waals surface area contributed by atoms with Gasteiger partial charge in [-0.15, -0.1) is 0 Å². The SMILES string of the molecule is Cc1ccc(O)c(C2=NNC(c3cccc([N+](=O)[O-])c3)C2)c1. The van der Waals surface area contributed by atoms with E-state index < -0.39 is 4.92 Å².